The lowest BCUT2D eigenvalue weighted by Gasteiger charge is -2.31. The number of carbonyl (C=O) groups is 1. The van der Waals surface area contributed by atoms with E-state index in [1.807, 2.05) is 30.4 Å². The maximum Gasteiger partial charge on any atom is 0.303 e. The van der Waals surface area contributed by atoms with Crippen molar-refractivity contribution in [2.45, 2.75) is 121 Å². The molecule has 0 radical (unpaired) electrons. The standard InChI is InChI=1S/C38H57NO7/c1-3-4-8-17-32(41)24-23-30(22-21-29-14-9-7-10-15-29)35(26-34(43)27-40)36(19-11-5-6-12-20-37(44)45)39-28-38(2,46)31-16-13-18-33(42)25-31/h7,9-10,13-16,18,23-25,32,34,36,39-43,46H,3-6,8,11-12,17,19-22,26-28H2,1-2H3,(H,44,45). The molecule has 0 saturated heterocycles. The van der Waals surface area contributed by atoms with Crippen LogP contribution < -0.4 is 5.32 Å². The van der Waals surface area contributed by atoms with Crippen LogP contribution in [0, 0.1) is 0 Å². The van der Waals surface area contributed by atoms with E-state index in [1.54, 1.807) is 31.2 Å². The van der Waals surface area contributed by atoms with E-state index < -0.39 is 30.4 Å². The second kappa shape index (κ2) is 21.7. The van der Waals surface area contributed by atoms with Crippen LogP contribution in [0.5, 0.6) is 5.75 Å². The predicted molar refractivity (Wildman–Crippen MR) is 184 cm³/mol. The van der Waals surface area contributed by atoms with Crippen molar-refractivity contribution in [2.75, 3.05) is 13.2 Å². The van der Waals surface area contributed by atoms with Crippen LogP contribution in [0.15, 0.2) is 77.9 Å². The van der Waals surface area contributed by atoms with Gasteiger partial charge in [0, 0.05) is 19.0 Å². The molecule has 0 aromatic heterocycles. The molecule has 46 heavy (non-hydrogen) atoms. The second-order valence-corrected chi connectivity index (χ2v) is 12.6. The summed E-state index contributed by atoms with van der Waals surface area (Å²) in [6.45, 7) is 3.57. The van der Waals surface area contributed by atoms with Crippen LogP contribution in [0.3, 0.4) is 0 Å². The highest BCUT2D eigenvalue weighted by Gasteiger charge is 2.27. The van der Waals surface area contributed by atoms with Crippen LogP contribution in [0.25, 0.3) is 0 Å². The Morgan fingerprint density at radius 3 is 2.33 bits per heavy atom. The van der Waals surface area contributed by atoms with E-state index in [-0.39, 0.29) is 31.2 Å². The van der Waals surface area contributed by atoms with E-state index in [1.165, 1.54) is 0 Å². The maximum atomic E-state index is 11.5. The number of benzene rings is 2. The first-order chi connectivity index (χ1) is 22.1. The summed E-state index contributed by atoms with van der Waals surface area (Å²) >= 11 is 0. The highest BCUT2D eigenvalue weighted by molar-refractivity contribution is 5.66. The summed E-state index contributed by atoms with van der Waals surface area (Å²) in [5, 5.41) is 65.4. The summed E-state index contributed by atoms with van der Waals surface area (Å²) in [6.07, 6.45) is 11.3. The third-order valence-electron chi connectivity index (χ3n) is 8.44. The minimum absolute atomic E-state index is 0.0631. The summed E-state index contributed by atoms with van der Waals surface area (Å²) in [4.78, 5) is 11.0. The highest BCUT2D eigenvalue weighted by Crippen LogP contribution is 2.28. The molecule has 0 fully saturated rings. The number of aliphatic carboxylic acids is 1. The number of hydrogen-bond acceptors (Lipinski definition) is 7. The van der Waals surface area contributed by atoms with Gasteiger partial charge in [-0.1, -0.05) is 100 Å². The normalized spacial score (nSPS) is 15.7. The predicted octanol–water partition coefficient (Wildman–Crippen LogP) is 6.15. The average Bonchev–Trinajstić information content (AvgIpc) is 3.03. The molecule has 0 bridgehead atoms. The molecule has 8 heteroatoms. The first-order valence-corrected chi connectivity index (χ1v) is 16.9. The largest absolute Gasteiger partial charge is 0.508 e. The van der Waals surface area contributed by atoms with Gasteiger partial charge in [0.15, 0.2) is 0 Å². The van der Waals surface area contributed by atoms with Gasteiger partial charge in [-0.25, -0.2) is 0 Å². The van der Waals surface area contributed by atoms with E-state index in [0.717, 1.165) is 61.7 Å². The molecule has 0 aliphatic rings. The van der Waals surface area contributed by atoms with E-state index in [4.69, 9.17) is 5.11 Å². The smallest absolute Gasteiger partial charge is 0.303 e. The van der Waals surface area contributed by atoms with Gasteiger partial charge in [0.1, 0.15) is 5.75 Å². The molecule has 7 N–H and O–H groups in total. The van der Waals surface area contributed by atoms with E-state index in [0.29, 0.717) is 31.2 Å². The monoisotopic (exact) mass is 639 g/mol. The summed E-state index contributed by atoms with van der Waals surface area (Å²) in [5.74, 6) is -0.739. The molecule has 4 unspecified atom stereocenters. The fraction of sp³-hybridized carbons (Fsp3) is 0.553. The third kappa shape index (κ3) is 15.5. The number of carboxylic acids is 1. The molecular formula is C38H57NO7. The zero-order chi connectivity index (χ0) is 33.8. The molecule has 0 spiro atoms. The molecule has 0 aliphatic carbocycles. The van der Waals surface area contributed by atoms with Crippen molar-refractivity contribution < 1.29 is 35.4 Å². The van der Waals surface area contributed by atoms with Crippen LogP contribution in [0.1, 0.15) is 102 Å². The molecule has 2 aromatic carbocycles. The van der Waals surface area contributed by atoms with Crippen LogP contribution in [0.4, 0.5) is 0 Å². The van der Waals surface area contributed by atoms with E-state index >= 15 is 0 Å². The summed E-state index contributed by atoms with van der Waals surface area (Å²) in [7, 11) is 0. The van der Waals surface area contributed by atoms with Crippen LogP contribution in [-0.4, -0.2) is 68.0 Å². The highest BCUT2D eigenvalue weighted by atomic mass is 16.4. The van der Waals surface area contributed by atoms with Crippen molar-refractivity contribution in [2.24, 2.45) is 0 Å². The molecule has 8 nitrogen and oxygen atoms in total. The Balaban J connectivity index is 2.48. The van der Waals surface area contributed by atoms with Crippen molar-refractivity contribution in [3.8, 4) is 5.75 Å². The Kier molecular flexibility index (Phi) is 18.5. The minimum Gasteiger partial charge on any atom is -0.508 e. The van der Waals surface area contributed by atoms with Crippen LogP contribution in [0.2, 0.25) is 0 Å². The molecule has 4 atom stereocenters. The Morgan fingerprint density at radius 1 is 0.935 bits per heavy atom. The number of aliphatic hydroxyl groups is 4. The number of carboxylic acid groups (broad SMARTS) is 1. The second-order valence-electron chi connectivity index (χ2n) is 12.6. The number of aliphatic hydroxyl groups excluding tert-OH is 3. The lowest BCUT2D eigenvalue weighted by Crippen LogP contribution is -2.42. The summed E-state index contributed by atoms with van der Waals surface area (Å²) in [5.41, 5.74) is 2.29. The van der Waals surface area contributed by atoms with Gasteiger partial charge in [0.05, 0.1) is 24.4 Å². The van der Waals surface area contributed by atoms with E-state index in [9.17, 15) is 30.3 Å². The first kappa shape index (κ1) is 39.2. The number of allylic oxidation sites excluding steroid dienone is 2. The van der Waals surface area contributed by atoms with Crippen LogP contribution in [-0.2, 0) is 16.8 Å². The van der Waals surface area contributed by atoms with Crippen LogP contribution >= 0.6 is 0 Å². The Morgan fingerprint density at radius 2 is 1.65 bits per heavy atom. The molecule has 256 valence electrons. The van der Waals surface area contributed by atoms with Gasteiger partial charge in [-0.05, 0) is 79.9 Å². The number of aryl methyl sites for hydroxylation is 1. The van der Waals surface area contributed by atoms with Crippen molar-refractivity contribution in [3.05, 3.63) is 89.0 Å². The van der Waals surface area contributed by atoms with Crippen molar-refractivity contribution in [1.29, 1.82) is 0 Å². The Labute approximate surface area is 275 Å². The molecular weight excluding hydrogens is 582 g/mol. The molecule has 2 aromatic rings. The molecule has 0 saturated carbocycles. The van der Waals surface area contributed by atoms with Gasteiger partial charge in [-0.2, -0.15) is 0 Å². The number of phenols is 1. The Bertz CT molecular complexity index is 1190. The first-order valence-electron chi connectivity index (χ1n) is 16.9. The zero-order valence-corrected chi connectivity index (χ0v) is 27.8. The fourth-order valence-electron chi connectivity index (χ4n) is 5.66. The fourth-order valence-corrected chi connectivity index (χ4v) is 5.66. The number of phenolic OH excluding ortho intramolecular Hbond substituents is 1. The van der Waals surface area contributed by atoms with Gasteiger partial charge in [0.25, 0.3) is 0 Å². The van der Waals surface area contributed by atoms with Gasteiger partial charge < -0.3 is 36.0 Å². The number of hydrogen-bond donors (Lipinski definition) is 7. The molecule has 2 rings (SSSR count). The number of nitrogens with one attached hydrogen (secondary N) is 1. The zero-order valence-electron chi connectivity index (χ0n) is 27.8. The molecule has 0 amide bonds. The van der Waals surface area contributed by atoms with Crippen molar-refractivity contribution >= 4 is 5.97 Å². The summed E-state index contributed by atoms with van der Waals surface area (Å²) in [6, 6.07) is 16.4. The van der Waals surface area contributed by atoms with Gasteiger partial charge in [0.2, 0.25) is 0 Å². The topological polar surface area (TPSA) is 150 Å². The van der Waals surface area contributed by atoms with Gasteiger partial charge in [-0.15, -0.1) is 0 Å². The summed E-state index contributed by atoms with van der Waals surface area (Å²) < 4.78 is 0. The van der Waals surface area contributed by atoms with Gasteiger partial charge >= 0.3 is 5.97 Å². The molecule has 0 aliphatic heterocycles. The quantitative estimate of drug-likeness (QED) is 0.0534. The van der Waals surface area contributed by atoms with Crippen molar-refractivity contribution in [3.63, 3.8) is 0 Å². The lowest BCUT2D eigenvalue weighted by molar-refractivity contribution is -0.137. The number of aromatic hydroxyl groups is 1. The minimum atomic E-state index is -1.31. The van der Waals surface area contributed by atoms with Crippen molar-refractivity contribution in [1.82, 2.24) is 5.32 Å². The van der Waals surface area contributed by atoms with E-state index in [2.05, 4.69) is 24.4 Å². The SMILES string of the molecule is CCCCCC(O)C=CC(CCc1ccccc1)=C(CC(O)CO)C(CCCCCCC(=O)O)NCC(C)(O)c1cccc(O)c1. The van der Waals surface area contributed by atoms with Gasteiger partial charge in [-0.3, -0.25) is 4.79 Å². The number of rotatable bonds is 24. The maximum absolute atomic E-state index is 11.5. The third-order valence-corrected chi connectivity index (χ3v) is 8.44. The molecule has 0 heterocycles. The lowest BCUT2D eigenvalue weighted by atomic mass is 9.87. The average molecular weight is 640 g/mol. The number of unbranched alkanes of at least 4 members (excludes halogenated alkanes) is 5. The Hall–Kier alpha value is -3.01.